The number of methoxy groups -OCH3 is 1. The maximum Gasteiger partial charge on any atom is 0.413 e. The van der Waals surface area contributed by atoms with Crippen LogP contribution in [0, 0.1) is 0 Å². The topological polar surface area (TPSA) is 69.7 Å². The number of hydrogen-bond donors (Lipinski definition) is 1. The molecule has 0 aliphatic carbocycles. The normalized spacial score (nSPS) is 11.0. The number of nitrogens with one attached hydrogen (secondary N) is 1. The monoisotopic (exact) mass is 406 g/mol. The highest BCUT2D eigenvalue weighted by Crippen LogP contribution is 2.28. The van der Waals surface area contributed by atoms with Crippen LogP contribution < -0.4 is 14.8 Å². The van der Waals surface area contributed by atoms with E-state index in [9.17, 15) is 4.79 Å². The van der Waals surface area contributed by atoms with Gasteiger partial charge >= 0.3 is 6.09 Å². The third kappa shape index (κ3) is 5.81. The second-order valence-electron chi connectivity index (χ2n) is 7.27. The summed E-state index contributed by atoms with van der Waals surface area (Å²) < 4.78 is 15.9. The summed E-state index contributed by atoms with van der Waals surface area (Å²) in [5.41, 5.74) is 2.44. The number of ether oxygens (including phenoxy) is 3. The van der Waals surface area contributed by atoms with E-state index in [4.69, 9.17) is 14.2 Å². The van der Waals surface area contributed by atoms with Crippen molar-refractivity contribution in [3.05, 3.63) is 78.6 Å². The van der Waals surface area contributed by atoms with E-state index in [1.807, 2.05) is 56.3 Å². The van der Waals surface area contributed by atoms with Crippen molar-refractivity contribution in [1.82, 2.24) is 10.3 Å². The maximum absolute atomic E-state index is 12.3. The number of carbonyl (C=O) groups is 1. The van der Waals surface area contributed by atoms with Gasteiger partial charge in [0.2, 0.25) is 0 Å². The van der Waals surface area contributed by atoms with Crippen molar-refractivity contribution in [1.29, 1.82) is 0 Å². The lowest BCUT2D eigenvalue weighted by Crippen LogP contribution is -2.42. The Morgan fingerprint density at radius 2 is 1.77 bits per heavy atom. The van der Waals surface area contributed by atoms with E-state index in [0.29, 0.717) is 19.0 Å². The molecule has 0 saturated heterocycles. The molecule has 0 unspecified atom stereocenters. The molecular weight excluding hydrogens is 380 g/mol. The Labute approximate surface area is 176 Å². The van der Waals surface area contributed by atoms with Crippen molar-refractivity contribution < 1.29 is 19.0 Å². The molecule has 0 aliphatic heterocycles. The third-order valence-electron chi connectivity index (χ3n) is 4.59. The molecule has 0 radical (unpaired) electrons. The quantitative estimate of drug-likeness (QED) is 0.544. The summed E-state index contributed by atoms with van der Waals surface area (Å²) in [6, 6.07) is 19.3. The molecule has 3 aromatic rings. The lowest BCUT2D eigenvalue weighted by Gasteiger charge is -2.27. The Bertz CT molecular complexity index is 956. The first-order valence-corrected chi connectivity index (χ1v) is 9.71. The minimum absolute atomic E-state index is 0.396. The molecule has 0 aliphatic rings. The molecule has 1 N–H and O–H groups in total. The molecule has 0 bridgehead atoms. The summed E-state index contributed by atoms with van der Waals surface area (Å²) in [7, 11) is 1.65. The van der Waals surface area contributed by atoms with Gasteiger partial charge in [0, 0.05) is 13.3 Å². The van der Waals surface area contributed by atoms with Crippen molar-refractivity contribution in [2.45, 2.75) is 19.4 Å². The molecule has 156 valence electrons. The first-order chi connectivity index (χ1) is 14.5. The minimum atomic E-state index is -0.626. The fraction of sp³-hybridized carbons (Fsp3) is 0.250. The van der Waals surface area contributed by atoms with Crippen LogP contribution >= 0.6 is 0 Å². The number of hydrogen-bond acceptors (Lipinski definition) is 5. The van der Waals surface area contributed by atoms with E-state index in [1.165, 1.54) is 6.20 Å². The zero-order valence-corrected chi connectivity index (χ0v) is 17.4. The molecule has 6 nitrogen and oxygen atoms in total. The van der Waals surface area contributed by atoms with E-state index in [2.05, 4.69) is 16.4 Å². The zero-order chi connectivity index (χ0) is 21.4. The number of benzene rings is 2. The van der Waals surface area contributed by atoms with Crippen molar-refractivity contribution in [2.24, 2.45) is 0 Å². The van der Waals surface area contributed by atoms with E-state index in [0.717, 1.165) is 22.4 Å². The molecule has 1 heterocycles. The molecule has 1 aromatic heterocycles. The smallest absolute Gasteiger partial charge is 0.413 e. The van der Waals surface area contributed by atoms with Crippen LogP contribution in [0.15, 0.2) is 73.1 Å². The van der Waals surface area contributed by atoms with Crippen LogP contribution in [-0.4, -0.2) is 31.4 Å². The van der Waals surface area contributed by atoms with Gasteiger partial charge in [-0.3, -0.25) is 4.98 Å². The third-order valence-corrected chi connectivity index (χ3v) is 4.59. The van der Waals surface area contributed by atoms with Crippen molar-refractivity contribution in [3.63, 3.8) is 0 Å². The van der Waals surface area contributed by atoms with Gasteiger partial charge in [-0.2, -0.15) is 0 Å². The fourth-order valence-electron chi connectivity index (χ4n) is 2.94. The second-order valence-corrected chi connectivity index (χ2v) is 7.27. The van der Waals surface area contributed by atoms with Gasteiger partial charge in [0.25, 0.3) is 0 Å². The molecule has 30 heavy (non-hydrogen) atoms. The minimum Gasteiger partial charge on any atom is -0.491 e. The van der Waals surface area contributed by atoms with Gasteiger partial charge in [0.1, 0.15) is 12.4 Å². The lowest BCUT2D eigenvalue weighted by molar-refractivity contribution is 0.146. The SMILES string of the molecule is COCCOc1ccc(-c2cccc(C(C)(C)NC(=O)Oc3cccnc3)c2)cc1. The average molecular weight is 406 g/mol. The molecule has 0 spiro atoms. The van der Waals surface area contributed by atoms with Crippen LogP contribution in [0.2, 0.25) is 0 Å². The Hall–Kier alpha value is -3.38. The highest BCUT2D eigenvalue weighted by atomic mass is 16.6. The maximum atomic E-state index is 12.3. The average Bonchev–Trinajstić information content (AvgIpc) is 2.75. The fourth-order valence-corrected chi connectivity index (χ4v) is 2.94. The summed E-state index contributed by atoms with van der Waals surface area (Å²) in [5.74, 6) is 1.19. The predicted octanol–water partition coefficient (Wildman–Crippen LogP) is 4.80. The van der Waals surface area contributed by atoms with E-state index in [1.54, 1.807) is 25.4 Å². The van der Waals surface area contributed by atoms with Crippen molar-refractivity contribution in [2.75, 3.05) is 20.3 Å². The van der Waals surface area contributed by atoms with Gasteiger partial charge in [0.15, 0.2) is 5.75 Å². The Morgan fingerprint density at radius 1 is 0.967 bits per heavy atom. The summed E-state index contributed by atoms with van der Waals surface area (Å²) in [5, 5.41) is 2.92. The van der Waals surface area contributed by atoms with Gasteiger partial charge in [-0.15, -0.1) is 0 Å². The Morgan fingerprint density at radius 3 is 2.47 bits per heavy atom. The highest BCUT2D eigenvalue weighted by Gasteiger charge is 2.24. The van der Waals surface area contributed by atoms with Crippen LogP contribution in [0.5, 0.6) is 11.5 Å². The van der Waals surface area contributed by atoms with E-state index < -0.39 is 11.6 Å². The van der Waals surface area contributed by atoms with E-state index in [-0.39, 0.29) is 0 Å². The first kappa shape index (κ1) is 21.3. The number of amides is 1. The van der Waals surface area contributed by atoms with Gasteiger partial charge in [0.05, 0.1) is 18.3 Å². The number of nitrogens with zero attached hydrogens (tertiary/aromatic N) is 1. The Balaban J connectivity index is 1.69. The van der Waals surface area contributed by atoms with Crippen LogP contribution in [0.3, 0.4) is 0 Å². The molecule has 3 rings (SSSR count). The molecule has 2 aromatic carbocycles. The van der Waals surface area contributed by atoms with Crippen LogP contribution in [-0.2, 0) is 10.3 Å². The molecular formula is C24H26N2O4. The van der Waals surface area contributed by atoms with Crippen LogP contribution in [0.1, 0.15) is 19.4 Å². The van der Waals surface area contributed by atoms with Gasteiger partial charge in [-0.05, 0) is 60.9 Å². The zero-order valence-electron chi connectivity index (χ0n) is 17.4. The predicted molar refractivity (Wildman–Crippen MR) is 116 cm³/mol. The first-order valence-electron chi connectivity index (χ1n) is 9.71. The number of pyridine rings is 1. The van der Waals surface area contributed by atoms with Crippen molar-refractivity contribution in [3.8, 4) is 22.6 Å². The largest absolute Gasteiger partial charge is 0.491 e. The van der Waals surface area contributed by atoms with Gasteiger partial charge in [-0.25, -0.2) is 4.79 Å². The molecule has 0 atom stereocenters. The summed E-state index contributed by atoms with van der Waals surface area (Å²) >= 11 is 0. The highest BCUT2D eigenvalue weighted by molar-refractivity contribution is 5.72. The van der Waals surface area contributed by atoms with E-state index >= 15 is 0 Å². The van der Waals surface area contributed by atoms with Gasteiger partial charge in [-0.1, -0.05) is 30.3 Å². The Kier molecular flexibility index (Phi) is 7.03. The summed E-state index contributed by atoms with van der Waals surface area (Å²) in [6.07, 6.45) is 2.59. The van der Waals surface area contributed by atoms with Gasteiger partial charge < -0.3 is 19.5 Å². The summed E-state index contributed by atoms with van der Waals surface area (Å²) in [6.45, 7) is 4.93. The number of rotatable bonds is 8. The number of aromatic nitrogens is 1. The molecule has 0 saturated carbocycles. The van der Waals surface area contributed by atoms with Crippen molar-refractivity contribution >= 4 is 6.09 Å². The summed E-state index contributed by atoms with van der Waals surface area (Å²) in [4.78, 5) is 16.3. The van der Waals surface area contributed by atoms with Crippen LogP contribution in [0.4, 0.5) is 4.79 Å². The molecule has 6 heteroatoms. The lowest BCUT2D eigenvalue weighted by atomic mass is 9.91. The van der Waals surface area contributed by atoms with Crippen LogP contribution in [0.25, 0.3) is 11.1 Å². The molecule has 0 fully saturated rings. The standard InChI is InChI=1S/C24H26N2O4/c1-24(2,26-23(27)30-22-8-5-13-25-17-22)20-7-4-6-19(16-20)18-9-11-21(12-10-18)29-15-14-28-3/h4-13,16-17H,14-15H2,1-3H3,(H,26,27). The molecule has 1 amide bonds. The number of carbonyl (C=O) groups excluding carboxylic acids is 1. The second kappa shape index (κ2) is 9.89.